The van der Waals surface area contributed by atoms with Crippen LogP contribution in [0.4, 0.5) is 0 Å². The molecule has 0 N–H and O–H groups in total. The van der Waals surface area contributed by atoms with Crippen LogP contribution < -0.4 is 5.56 Å². The number of carbonyl (C=O) groups is 1. The highest BCUT2D eigenvalue weighted by atomic mass is 32.1. The number of pyridine rings is 2. The minimum atomic E-state index is -0.136. The predicted molar refractivity (Wildman–Crippen MR) is 127 cm³/mol. The van der Waals surface area contributed by atoms with E-state index in [4.69, 9.17) is 9.47 Å². The van der Waals surface area contributed by atoms with E-state index in [0.717, 1.165) is 22.1 Å². The molecule has 7 heteroatoms. The molecule has 4 aromatic rings. The highest BCUT2D eigenvalue weighted by molar-refractivity contribution is 7.18. The van der Waals surface area contributed by atoms with E-state index >= 15 is 0 Å². The first-order valence-electron chi connectivity index (χ1n) is 10.6. The molecule has 1 aliphatic rings. The van der Waals surface area contributed by atoms with Crippen molar-refractivity contribution in [2.75, 3.05) is 27.4 Å². The van der Waals surface area contributed by atoms with E-state index in [2.05, 4.69) is 0 Å². The summed E-state index contributed by atoms with van der Waals surface area (Å²) in [6.07, 6.45) is 2.46. The van der Waals surface area contributed by atoms with Gasteiger partial charge in [0.25, 0.3) is 11.5 Å². The van der Waals surface area contributed by atoms with Crippen molar-refractivity contribution < 1.29 is 14.3 Å². The summed E-state index contributed by atoms with van der Waals surface area (Å²) in [4.78, 5) is 29.3. The van der Waals surface area contributed by atoms with E-state index in [0.29, 0.717) is 29.8 Å². The van der Waals surface area contributed by atoms with Crippen molar-refractivity contribution in [1.82, 2.24) is 9.30 Å². The molecule has 1 aliphatic heterocycles. The van der Waals surface area contributed by atoms with Crippen LogP contribution in [0.2, 0.25) is 0 Å². The third-order valence-corrected chi connectivity index (χ3v) is 7.13. The Kier molecular flexibility index (Phi) is 5.55. The van der Waals surface area contributed by atoms with Crippen molar-refractivity contribution in [2.45, 2.75) is 18.6 Å². The molecule has 0 radical (unpaired) electrons. The maximum absolute atomic E-state index is 14.0. The average molecular weight is 449 g/mol. The average Bonchev–Trinajstić information content (AvgIpc) is 3.46. The highest BCUT2D eigenvalue weighted by Gasteiger charge is 2.37. The Bertz CT molecular complexity index is 1340. The number of hydrogen-bond donors (Lipinski definition) is 0. The van der Waals surface area contributed by atoms with E-state index in [1.54, 1.807) is 30.9 Å². The number of likely N-dealkylation sites (tertiary alicyclic amines) is 1. The van der Waals surface area contributed by atoms with Crippen molar-refractivity contribution in [3.05, 3.63) is 76.0 Å². The van der Waals surface area contributed by atoms with Crippen molar-refractivity contribution >= 4 is 32.8 Å². The second-order valence-electron chi connectivity index (χ2n) is 8.04. The van der Waals surface area contributed by atoms with Gasteiger partial charge >= 0.3 is 0 Å². The molecule has 5 rings (SSSR count). The summed E-state index contributed by atoms with van der Waals surface area (Å²) in [5.41, 5.74) is 2.34. The molecule has 1 amide bonds. The molecule has 0 aliphatic carbocycles. The van der Waals surface area contributed by atoms with Gasteiger partial charge in [-0.3, -0.25) is 14.0 Å². The topological polar surface area (TPSA) is 60.2 Å². The van der Waals surface area contributed by atoms with Gasteiger partial charge in [0.05, 0.1) is 34.5 Å². The summed E-state index contributed by atoms with van der Waals surface area (Å²) >= 11 is 1.54. The van der Waals surface area contributed by atoms with E-state index in [1.165, 1.54) is 11.3 Å². The molecule has 1 saturated heterocycles. The lowest BCUT2D eigenvalue weighted by Crippen LogP contribution is -2.39. The van der Waals surface area contributed by atoms with Crippen molar-refractivity contribution in [1.29, 1.82) is 0 Å². The van der Waals surface area contributed by atoms with Gasteiger partial charge in [0.15, 0.2) is 0 Å². The first kappa shape index (κ1) is 20.9. The predicted octanol–water partition coefficient (Wildman–Crippen LogP) is 4.06. The third-order valence-electron chi connectivity index (χ3n) is 6.19. The molecule has 0 spiro atoms. The second kappa shape index (κ2) is 8.50. The Labute approximate surface area is 189 Å². The summed E-state index contributed by atoms with van der Waals surface area (Å²) in [6.45, 7) is 0.937. The molecule has 4 heterocycles. The van der Waals surface area contributed by atoms with Crippen molar-refractivity contribution in [3.63, 3.8) is 0 Å². The first-order valence-corrected chi connectivity index (χ1v) is 11.4. The molecule has 164 valence electrons. The normalized spacial score (nSPS) is 18.6. The number of hydrogen-bond acceptors (Lipinski definition) is 5. The van der Waals surface area contributed by atoms with Gasteiger partial charge in [-0.15, -0.1) is 11.3 Å². The standard InChI is InChI=1S/C25H24N2O4S/c1-30-15-18-12-19(31-2)14-27(18)25(29)21-13-20(16-6-4-3-5-7-16)24(28)26-10-8-17-9-11-32-23(17)22(21)26/h3-11,13,18-19H,12,14-15H2,1-2H3/t18-,19+/m0/s1. The molecule has 0 unspecified atom stereocenters. The number of ether oxygens (including phenoxy) is 2. The Morgan fingerprint density at radius 1 is 1.16 bits per heavy atom. The maximum Gasteiger partial charge on any atom is 0.263 e. The van der Waals surface area contributed by atoms with Crippen molar-refractivity contribution in [3.8, 4) is 11.1 Å². The first-order chi connectivity index (χ1) is 15.6. The van der Waals surface area contributed by atoms with Gasteiger partial charge in [0.2, 0.25) is 0 Å². The van der Waals surface area contributed by atoms with Gasteiger partial charge in [-0.25, -0.2) is 0 Å². The molecule has 1 fully saturated rings. The molecule has 0 bridgehead atoms. The molecular formula is C25H24N2O4S. The Balaban J connectivity index is 1.75. The lowest BCUT2D eigenvalue weighted by Gasteiger charge is -2.25. The summed E-state index contributed by atoms with van der Waals surface area (Å²) in [5.74, 6) is -0.109. The maximum atomic E-state index is 14.0. The molecule has 1 aromatic carbocycles. The number of amides is 1. The zero-order valence-corrected chi connectivity index (χ0v) is 18.8. The third kappa shape index (κ3) is 3.43. The van der Waals surface area contributed by atoms with E-state index in [1.807, 2.05) is 52.7 Å². The monoisotopic (exact) mass is 448 g/mol. The molecular weight excluding hydrogens is 424 g/mol. The highest BCUT2D eigenvalue weighted by Crippen LogP contribution is 2.32. The zero-order valence-electron chi connectivity index (χ0n) is 18.0. The van der Waals surface area contributed by atoms with Crippen LogP contribution in [0.1, 0.15) is 16.8 Å². The molecule has 3 aromatic heterocycles. The second-order valence-corrected chi connectivity index (χ2v) is 8.96. The number of fused-ring (bicyclic) bond motifs is 3. The molecule has 6 nitrogen and oxygen atoms in total. The number of thiophene rings is 1. The number of rotatable bonds is 5. The van der Waals surface area contributed by atoms with Crippen LogP contribution in [-0.2, 0) is 9.47 Å². The SMILES string of the molecule is COC[C@@H]1C[C@@H](OC)CN1C(=O)c1cc(-c2ccccc2)c(=O)n2ccc3ccsc3c12. The minimum Gasteiger partial charge on any atom is -0.383 e. The Morgan fingerprint density at radius 2 is 1.97 bits per heavy atom. The van der Waals surface area contributed by atoms with Gasteiger partial charge < -0.3 is 14.4 Å². The zero-order chi connectivity index (χ0) is 22.2. The van der Waals surface area contributed by atoms with E-state index in [-0.39, 0.29) is 23.6 Å². The minimum absolute atomic E-state index is 0.0350. The van der Waals surface area contributed by atoms with Crippen molar-refractivity contribution in [2.24, 2.45) is 0 Å². The van der Waals surface area contributed by atoms with Crippen LogP contribution in [-0.4, -0.2) is 54.7 Å². The smallest absolute Gasteiger partial charge is 0.263 e. The van der Waals surface area contributed by atoms with E-state index < -0.39 is 0 Å². The lowest BCUT2D eigenvalue weighted by atomic mass is 10.0. The lowest BCUT2D eigenvalue weighted by molar-refractivity contribution is 0.0613. The van der Waals surface area contributed by atoms with Crippen LogP contribution in [0.25, 0.3) is 26.7 Å². The van der Waals surface area contributed by atoms with Gasteiger partial charge in [0.1, 0.15) is 0 Å². The largest absolute Gasteiger partial charge is 0.383 e. The summed E-state index contributed by atoms with van der Waals surface area (Å²) < 4.78 is 13.5. The van der Waals surface area contributed by atoms with Gasteiger partial charge in [-0.05, 0) is 40.9 Å². The Morgan fingerprint density at radius 3 is 2.72 bits per heavy atom. The van der Waals surface area contributed by atoms with E-state index in [9.17, 15) is 9.59 Å². The van der Waals surface area contributed by atoms with Gasteiger partial charge in [0, 0.05) is 32.5 Å². The van der Waals surface area contributed by atoms with Crippen LogP contribution >= 0.6 is 11.3 Å². The van der Waals surface area contributed by atoms with Crippen LogP contribution in [0.15, 0.2) is 64.9 Å². The fourth-order valence-electron chi connectivity index (χ4n) is 4.59. The molecule has 32 heavy (non-hydrogen) atoms. The van der Waals surface area contributed by atoms with Crippen LogP contribution in [0.5, 0.6) is 0 Å². The number of nitrogens with zero attached hydrogens (tertiary/aromatic N) is 2. The number of aromatic nitrogens is 1. The van der Waals surface area contributed by atoms with Crippen LogP contribution in [0, 0.1) is 0 Å². The molecule has 0 saturated carbocycles. The summed E-state index contributed by atoms with van der Waals surface area (Å²) in [5, 5.41) is 3.00. The fraction of sp³-hybridized carbons (Fsp3) is 0.280. The number of benzene rings is 1. The van der Waals surface area contributed by atoms with Crippen LogP contribution in [0.3, 0.4) is 0 Å². The van der Waals surface area contributed by atoms with Gasteiger partial charge in [-0.2, -0.15) is 0 Å². The number of methoxy groups -OCH3 is 2. The Hall–Kier alpha value is -3.00. The quantitative estimate of drug-likeness (QED) is 0.462. The molecule has 2 atom stereocenters. The van der Waals surface area contributed by atoms with Gasteiger partial charge in [-0.1, -0.05) is 30.3 Å². The summed E-state index contributed by atoms with van der Waals surface area (Å²) in [7, 11) is 3.31. The fourth-order valence-corrected chi connectivity index (χ4v) is 5.54. The summed E-state index contributed by atoms with van der Waals surface area (Å²) in [6, 6.07) is 15.1. The number of carbonyl (C=O) groups excluding carboxylic acids is 1.